The predicted molar refractivity (Wildman–Crippen MR) is 93.9 cm³/mol. The van der Waals surface area contributed by atoms with E-state index in [2.05, 4.69) is 11.8 Å². The summed E-state index contributed by atoms with van der Waals surface area (Å²) >= 11 is 0. The summed E-state index contributed by atoms with van der Waals surface area (Å²) in [5.74, 6) is 5.72. The molecular formula is C21H18O3. The highest BCUT2D eigenvalue weighted by Crippen LogP contribution is 2.24. The Bertz CT molecular complexity index is 937. The Balaban J connectivity index is 1.93. The molecule has 1 aromatic heterocycles. The maximum Gasteiger partial charge on any atom is 0.306 e. The van der Waals surface area contributed by atoms with E-state index in [0.29, 0.717) is 12.2 Å². The molecule has 3 rings (SSSR count). The molecule has 0 fully saturated rings. The molecule has 0 unspecified atom stereocenters. The van der Waals surface area contributed by atoms with Gasteiger partial charge < -0.3 is 9.52 Å². The van der Waals surface area contributed by atoms with Crippen LogP contribution in [0.2, 0.25) is 0 Å². The molecule has 0 bridgehead atoms. The second kappa shape index (κ2) is 6.64. The SMILES string of the molecule is Cc1ccc(C#Cc2cccc3oc(C[C@H](C)C(=O)O)cc23)cc1. The van der Waals surface area contributed by atoms with Crippen molar-refractivity contribution in [1.29, 1.82) is 0 Å². The zero-order chi connectivity index (χ0) is 17.1. The highest BCUT2D eigenvalue weighted by atomic mass is 16.4. The zero-order valence-corrected chi connectivity index (χ0v) is 13.7. The van der Waals surface area contributed by atoms with Crippen LogP contribution in [0.5, 0.6) is 0 Å². The number of benzene rings is 2. The fraction of sp³-hybridized carbons (Fsp3) is 0.190. The summed E-state index contributed by atoms with van der Waals surface area (Å²) in [7, 11) is 0. The number of aliphatic carboxylic acids is 1. The van der Waals surface area contributed by atoms with Crippen LogP contribution in [0.4, 0.5) is 0 Å². The Labute approximate surface area is 140 Å². The van der Waals surface area contributed by atoms with Gasteiger partial charge in [0.2, 0.25) is 0 Å². The van der Waals surface area contributed by atoms with Gasteiger partial charge in [-0.1, -0.05) is 42.5 Å². The lowest BCUT2D eigenvalue weighted by Gasteiger charge is -2.01. The second-order valence-electron chi connectivity index (χ2n) is 5.99. The van der Waals surface area contributed by atoms with Gasteiger partial charge in [0.15, 0.2) is 0 Å². The van der Waals surface area contributed by atoms with Crippen molar-refractivity contribution >= 4 is 16.9 Å². The van der Waals surface area contributed by atoms with Gasteiger partial charge in [-0.15, -0.1) is 0 Å². The number of fused-ring (bicyclic) bond motifs is 1. The molecule has 1 heterocycles. The van der Waals surface area contributed by atoms with Crippen LogP contribution in [0.3, 0.4) is 0 Å². The van der Waals surface area contributed by atoms with E-state index < -0.39 is 11.9 Å². The molecule has 3 nitrogen and oxygen atoms in total. The van der Waals surface area contributed by atoms with Crippen molar-refractivity contribution in [2.45, 2.75) is 20.3 Å². The average Bonchev–Trinajstić information content (AvgIpc) is 2.97. The molecule has 0 aliphatic heterocycles. The van der Waals surface area contributed by atoms with E-state index in [-0.39, 0.29) is 0 Å². The maximum absolute atomic E-state index is 11.0. The van der Waals surface area contributed by atoms with Gasteiger partial charge in [0.1, 0.15) is 11.3 Å². The van der Waals surface area contributed by atoms with Gasteiger partial charge in [-0.2, -0.15) is 0 Å². The molecule has 3 heteroatoms. The second-order valence-corrected chi connectivity index (χ2v) is 5.99. The predicted octanol–water partition coefficient (Wildman–Crippen LogP) is 4.40. The van der Waals surface area contributed by atoms with E-state index in [0.717, 1.165) is 22.1 Å². The molecule has 2 aromatic carbocycles. The monoisotopic (exact) mass is 318 g/mol. The van der Waals surface area contributed by atoms with Crippen LogP contribution in [-0.2, 0) is 11.2 Å². The zero-order valence-electron chi connectivity index (χ0n) is 13.7. The van der Waals surface area contributed by atoms with Crippen LogP contribution in [0.1, 0.15) is 29.4 Å². The van der Waals surface area contributed by atoms with Gasteiger partial charge in [-0.25, -0.2) is 0 Å². The largest absolute Gasteiger partial charge is 0.481 e. The molecule has 1 N–H and O–H groups in total. The molecule has 3 aromatic rings. The number of carboxylic acid groups (broad SMARTS) is 1. The molecule has 0 aliphatic carbocycles. The molecule has 0 saturated carbocycles. The minimum absolute atomic E-state index is 0.370. The minimum atomic E-state index is -0.824. The molecule has 1 atom stereocenters. The Morgan fingerprint density at radius 2 is 1.92 bits per heavy atom. The first-order chi connectivity index (χ1) is 11.5. The quantitative estimate of drug-likeness (QED) is 0.728. The fourth-order valence-corrected chi connectivity index (χ4v) is 2.49. The van der Waals surface area contributed by atoms with Gasteiger partial charge in [-0.05, 0) is 37.3 Å². The lowest BCUT2D eigenvalue weighted by Crippen LogP contribution is -2.11. The number of carbonyl (C=O) groups is 1. The first kappa shape index (κ1) is 15.9. The summed E-state index contributed by atoms with van der Waals surface area (Å²) in [5.41, 5.74) is 3.78. The lowest BCUT2D eigenvalue weighted by molar-refractivity contribution is -0.141. The van der Waals surface area contributed by atoms with E-state index in [1.165, 1.54) is 5.56 Å². The van der Waals surface area contributed by atoms with Crippen LogP contribution >= 0.6 is 0 Å². The van der Waals surface area contributed by atoms with E-state index in [1.54, 1.807) is 6.92 Å². The molecule has 0 spiro atoms. The molecule has 0 radical (unpaired) electrons. The first-order valence-electron chi connectivity index (χ1n) is 7.86. The van der Waals surface area contributed by atoms with E-state index in [4.69, 9.17) is 9.52 Å². The number of rotatable bonds is 3. The third kappa shape index (κ3) is 3.49. The van der Waals surface area contributed by atoms with E-state index in [9.17, 15) is 4.79 Å². The highest BCUT2D eigenvalue weighted by Gasteiger charge is 2.15. The van der Waals surface area contributed by atoms with Crippen LogP contribution in [0.15, 0.2) is 52.9 Å². The number of hydrogen-bond acceptors (Lipinski definition) is 2. The van der Waals surface area contributed by atoms with Crippen molar-refractivity contribution in [3.63, 3.8) is 0 Å². The fourth-order valence-electron chi connectivity index (χ4n) is 2.49. The first-order valence-corrected chi connectivity index (χ1v) is 7.86. The Morgan fingerprint density at radius 1 is 1.17 bits per heavy atom. The van der Waals surface area contributed by atoms with Gasteiger partial charge in [0.25, 0.3) is 0 Å². The summed E-state index contributed by atoms with van der Waals surface area (Å²) in [6, 6.07) is 15.7. The molecule has 120 valence electrons. The summed E-state index contributed by atoms with van der Waals surface area (Å²) < 4.78 is 5.77. The van der Waals surface area contributed by atoms with Gasteiger partial charge >= 0.3 is 5.97 Å². The number of hydrogen-bond donors (Lipinski definition) is 1. The molecule has 0 saturated heterocycles. The van der Waals surface area contributed by atoms with E-state index in [1.807, 2.05) is 55.5 Å². The van der Waals surface area contributed by atoms with Crippen LogP contribution in [0.25, 0.3) is 11.0 Å². The van der Waals surface area contributed by atoms with Crippen LogP contribution in [0, 0.1) is 24.7 Å². The van der Waals surface area contributed by atoms with Crippen molar-refractivity contribution < 1.29 is 14.3 Å². The Hall–Kier alpha value is -2.99. The summed E-state index contributed by atoms with van der Waals surface area (Å²) in [6.45, 7) is 3.72. The van der Waals surface area contributed by atoms with Crippen molar-refractivity contribution in [2.24, 2.45) is 5.92 Å². The lowest BCUT2D eigenvalue weighted by atomic mass is 10.1. The summed E-state index contributed by atoms with van der Waals surface area (Å²) in [5, 5.41) is 9.96. The van der Waals surface area contributed by atoms with Crippen molar-refractivity contribution in [2.75, 3.05) is 0 Å². The standard InChI is InChI=1S/C21H18O3/c1-14-6-8-16(9-7-14)10-11-17-4-3-5-20-19(17)13-18(24-20)12-15(2)21(22)23/h3-9,13,15H,12H2,1-2H3,(H,22,23)/t15-/m0/s1. The highest BCUT2D eigenvalue weighted by molar-refractivity contribution is 5.85. The van der Waals surface area contributed by atoms with Crippen LogP contribution in [-0.4, -0.2) is 11.1 Å². The van der Waals surface area contributed by atoms with Crippen molar-refractivity contribution in [3.8, 4) is 11.8 Å². The Kier molecular flexibility index (Phi) is 4.39. The van der Waals surface area contributed by atoms with Crippen molar-refractivity contribution in [1.82, 2.24) is 0 Å². The molecule has 0 aliphatic rings. The van der Waals surface area contributed by atoms with Gasteiger partial charge in [0, 0.05) is 22.9 Å². The molecule has 24 heavy (non-hydrogen) atoms. The van der Waals surface area contributed by atoms with Gasteiger partial charge in [0.05, 0.1) is 5.92 Å². The third-order valence-corrected chi connectivity index (χ3v) is 3.93. The minimum Gasteiger partial charge on any atom is -0.481 e. The normalized spacial score (nSPS) is 11.8. The van der Waals surface area contributed by atoms with Gasteiger partial charge in [-0.3, -0.25) is 4.79 Å². The Morgan fingerprint density at radius 3 is 2.62 bits per heavy atom. The number of carboxylic acids is 1. The molecular weight excluding hydrogens is 300 g/mol. The summed E-state index contributed by atoms with van der Waals surface area (Å²) in [4.78, 5) is 11.0. The topological polar surface area (TPSA) is 50.4 Å². The van der Waals surface area contributed by atoms with Crippen molar-refractivity contribution in [3.05, 3.63) is 71.0 Å². The molecule has 0 amide bonds. The average molecular weight is 318 g/mol. The summed E-state index contributed by atoms with van der Waals surface area (Å²) in [6.07, 6.45) is 0.370. The smallest absolute Gasteiger partial charge is 0.306 e. The number of aryl methyl sites for hydroxylation is 1. The maximum atomic E-state index is 11.0. The third-order valence-electron chi connectivity index (χ3n) is 3.93. The van der Waals surface area contributed by atoms with E-state index >= 15 is 0 Å². The number of furan rings is 1. The van der Waals surface area contributed by atoms with Crippen LogP contribution < -0.4 is 0 Å².